The van der Waals surface area contributed by atoms with Crippen molar-refractivity contribution in [3.05, 3.63) is 0 Å². The third-order valence-corrected chi connectivity index (χ3v) is 2.46. The van der Waals surface area contributed by atoms with Crippen molar-refractivity contribution in [2.45, 2.75) is 32.4 Å². The van der Waals surface area contributed by atoms with Crippen LogP contribution in [0.25, 0.3) is 0 Å². The average Bonchev–Trinajstić information content (AvgIpc) is 1.87. The van der Waals surface area contributed by atoms with Crippen molar-refractivity contribution in [2.24, 2.45) is 5.41 Å². The molecule has 0 spiro atoms. The molecule has 0 saturated carbocycles. The highest BCUT2D eigenvalue weighted by Crippen LogP contribution is 2.26. The molecule has 0 aromatic rings. The summed E-state index contributed by atoms with van der Waals surface area (Å²) in [4.78, 5) is 0. The van der Waals surface area contributed by atoms with Crippen LogP contribution in [0.3, 0.4) is 0 Å². The first-order chi connectivity index (χ1) is 5.02. The lowest BCUT2D eigenvalue weighted by atomic mass is 9.90. The first kappa shape index (κ1) is 10.9. The molecule has 0 aliphatic rings. The molecule has 11 heavy (non-hydrogen) atoms. The highest BCUT2D eigenvalue weighted by atomic mass is 32.2. The van der Waals surface area contributed by atoms with E-state index in [0.717, 1.165) is 6.42 Å². The van der Waals surface area contributed by atoms with E-state index in [1.165, 1.54) is 0 Å². The second kappa shape index (κ2) is 4.74. The van der Waals surface area contributed by atoms with Crippen LogP contribution in [0.2, 0.25) is 0 Å². The van der Waals surface area contributed by atoms with Gasteiger partial charge >= 0.3 is 0 Å². The van der Waals surface area contributed by atoms with Crippen molar-refractivity contribution in [3.63, 3.8) is 0 Å². The van der Waals surface area contributed by atoms with Gasteiger partial charge in [0.2, 0.25) is 0 Å². The molecule has 0 saturated heterocycles. The van der Waals surface area contributed by atoms with Gasteiger partial charge in [0, 0.05) is 9.95 Å². The maximum absolute atomic E-state index is 8.72. The van der Waals surface area contributed by atoms with Crippen molar-refractivity contribution in [1.29, 1.82) is 5.26 Å². The Labute approximate surface area is 78.2 Å². The minimum Gasteiger partial charge on any atom is -0.198 e. The molecule has 1 unspecified atom stereocenters. The van der Waals surface area contributed by atoms with E-state index < -0.39 is 0 Å². The number of thiocarbonyl (C=S) groups is 1. The molecule has 0 heterocycles. The third kappa shape index (κ3) is 5.23. The third-order valence-electron chi connectivity index (χ3n) is 1.39. The molecule has 0 radical (unpaired) electrons. The Morgan fingerprint density at radius 3 is 2.64 bits per heavy atom. The molecule has 0 aromatic carbocycles. The zero-order chi connectivity index (χ0) is 8.91. The highest BCUT2D eigenvalue weighted by molar-refractivity contribution is 8.21. The predicted octanol–water partition coefficient (Wildman–Crippen LogP) is 3.01. The quantitative estimate of drug-likeness (QED) is 0.632. The van der Waals surface area contributed by atoms with Gasteiger partial charge in [-0.3, -0.25) is 0 Å². The second-order valence-electron chi connectivity index (χ2n) is 3.24. The highest BCUT2D eigenvalue weighted by Gasteiger charge is 2.19. The van der Waals surface area contributed by atoms with Gasteiger partial charge in [-0.1, -0.05) is 19.1 Å². The number of rotatable bonds is 4. The van der Waals surface area contributed by atoms with Crippen LogP contribution in [0.1, 0.15) is 27.2 Å². The summed E-state index contributed by atoms with van der Waals surface area (Å²) in [5.41, 5.74) is -0.218. The minimum absolute atomic E-state index is 0.218. The number of thioether (sulfide) groups is 1. The smallest absolute Gasteiger partial charge is 0.0684 e. The summed E-state index contributed by atoms with van der Waals surface area (Å²) in [5, 5.41) is 9.16. The molecule has 1 atom stereocenters. The van der Waals surface area contributed by atoms with Gasteiger partial charge in [-0.15, -0.1) is 11.8 Å². The fraction of sp³-hybridized carbons (Fsp3) is 0.750. The van der Waals surface area contributed by atoms with Crippen LogP contribution in [0.4, 0.5) is 0 Å². The Morgan fingerprint density at radius 1 is 1.73 bits per heavy atom. The van der Waals surface area contributed by atoms with Gasteiger partial charge in [-0.25, -0.2) is 0 Å². The van der Waals surface area contributed by atoms with Crippen LogP contribution in [0.5, 0.6) is 0 Å². The number of nitrogens with zero attached hydrogens (tertiary/aromatic N) is 1. The fourth-order valence-electron chi connectivity index (χ4n) is 0.907. The molecular formula is C8H13NS2. The van der Waals surface area contributed by atoms with Gasteiger partial charge in [0.05, 0.1) is 11.5 Å². The molecule has 0 aliphatic carbocycles. The van der Waals surface area contributed by atoms with Crippen LogP contribution in [-0.4, -0.2) is 9.95 Å². The number of hydrogen-bond acceptors (Lipinski definition) is 3. The van der Waals surface area contributed by atoms with E-state index in [-0.39, 0.29) is 5.41 Å². The van der Waals surface area contributed by atoms with E-state index in [4.69, 9.17) is 17.5 Å². The summed E-state index contributed by atoms with van der Waals surface area (Å²) in [6.07, 6.45) is 0.890. The lowest BCUT2D eigenvalue weighted by Crippen LogP contribution is -2.14. The number of hydrogen-bond donors (Lipinski definition) is 0. The van der Waals surface area contributed by atoms with Crippen LogP contribution in [-0.2, 0) is 0 Å². The minimum atomic E-state index is -0.218. The van der Waals surface area contributed by atoms with Crippen LogP contribution < -0.4 is 0 Å². The summed E-state index contributed by atoms with van der Waals surface area (Å²) in [7, 11) is 0. The van der Waals surface area contributed by atoms with E-state index in [2.05, 4.69) is 13.0 Å². The SMILES string of the molecule is CC(CC(C)(C)C#N)SC=S. The molecule has 62 valence electrons. The van der Waals surface area contributed by atoms with Gasteiger partial charge in [0.1, 0.15) is 0 Å². The van der Waals surface area contributed by atoms with E-state index in [9.17, 15) is 0 Å². The summed E-state index contributed by atoms with van der Waals surface area (Å²) in [6, 6.07) is 2.27. The second-order valence-corrected chi connectivity index (χ2v) is 5.09. The Kier molecular flexibility index (Phi) is 4.71. The first-order valence-electron chi connectivity index (χ1n) is 3.52. The average molecular weight is 187 g/mol. The standard InChI is InChI=1S/C8H13NS2/c1-7(11-6-10)4-8(2,3)5-9/h6-7H,4H2,1-3H3. The molecule has 0 aromatic heterocycles. The zero-order valence-electron chi connectivity index (χ0n) is 7.13. The van der Waals surface area contributed by atoms with E-state index in [1.807, 2.05) is 13.8 Å². The van der Waals surface area contributed by atoms with Gasteiger partial charge in [0.15, 0.2) is 0 Å². The van der Waals surface area contributed by atoms with E-state index in [1.54, 1.807) is 16.5 Å². The van der Waals surface area contributed by atoms with E-state index >= 15 is 0 Å². The zero-order valence-corrected chi connectivity index (χ0v) is 8.76. The first-order valence-corrected chi connectivity index (χ1v) is 4.93. The Balaban J connectivity index is 3.85. The van der Waals surface area contributed by atoms with Crippen molar-refractivity contribution in [3.8, 4) is 6.07 Å². The number of nitriles is 1. The summed E-state index contributed by atoms with van der Waals surface area (Å²) in [5.74, 6) is 0. The van der Waals surface area contributed by atoms with Crippen LogP contribution in [0, 0.1) is 16.7 Å². The molecule has 3 heteroatoms. The molecule has 0 amide bonds. The van der Waals surface area contributed by atoms with Crippen molar-refractivity contribution in [2.75, 3.05) is 0 Å². The molecular weight excluding hydrogens is 174 g/mol. The molecule has 0 bridgehead atoms. The van der Waals surface area contributed by atoms with Gasteiger partial charge in [0.25, 0.3) is 0 Å². The Hall–Kier alpha value is -0.0700. The van der Waals surface area contributed by atoms with Gasteiger partial charge < -0.3 is 0 Å². The van der Waals surface area contributed by atoms with Crippen molar-refractivity contribution < 1.29 is 0 Å². The Bertz CT molecular complexity index is 169. The van der Waals surface area contributed by atoms with Gasteiger partial charge in [-0.05, 0) is 20.3 Å². The summed E-state index contributed by atoms with van der Waals surface area (Å²) in [6.45, 7) is 5.99. The van der Waals surface area contributed by atoms with Crippen LogP contribution >= 0.6 is 24.0 Å². The molecule has 0 N–H and O–H groups in total. The summed E-state index contributed by atoms with van der Waals surface area (Å²) >= 11 is 6.32. The van der Waals surface area contributed by atoms with E-state index in [0.29, 0.717) is 5.25 Å². The predicted molar refractivity (Wildman–Crippen MR) is 54.7 cm³/mol. The normalized spacial score (nSPS) is 13.6. The van der Waals surface area contributed by atoms with Crippen LogP contribution in [0.15, 0.2) is 0 Å². The molecule has 0 aliphatic heterocycles. The largest absolute Gasteiger partial charge is 0.198 e. The molecule has 0 fully saturated rings. The molecule has 0 rings (SSSR count). The maximum atomic E-state index is 8.72. The molecule has 1 nitrogen and oxygen atoms in total. The lowest BCUT2D eigenvalue weighted by Gasteiger charge is -2.18. The summed E-state index contributed by atoms with van der Waals surface area (Å²) < 4.78 is 1.66. The maximum Gasteiger partial charge on any atom is 0.0684 e. The Morgan fingerprint density at radius 2 is 2.27 bits per heavy atom. The topological polar surface area (TPSA) is 23.8 Å². The van der Waals surface area contributed by atoms with Crippen molar-refractivity contribution >= 4 is 28.7 Å². The monoisotopic (exact) mass is 187 g/mol. The van der Waals surface area contributed by atoms with Crippen molar-refractivity contribution in [1.82, 2.24) is 0 Å². The fourth-order valence-corrected chi connectivity index (χ4v) is 2.18. The van der Waals surface area contributed by atoms with Gasteiger partial charge in [-0.2, -0.15) is 5.26 Å². The lowest BCUT2D eigenvalue weighted by molar-refractivity contribution is 0.453.